The number of hydrogen-bond donors (Lipinski definition) is 0. The molecule has 0 saturated carbocycles. The Kier molecular flexibility index (Phi) is 5.65. The van der Waals surface area contributed by atoms with Crippen molar-refractivity contribution in [2.24, 2.45) is 0 Å². The Bertz CT molecular complexity index is 1050. The van der Waals surface area contributed by atoms with Crippen molar-refractivity contribution in [3.05, 3.63) is 40.2 Å². The van der Waals surface area contributed by atoms with Gasteiger partial charge in [0.2, 0.25) is 0 Å². The van der Waals surface area contributed by atoms with Gasteiger partial charge in [-0.25, -0.2) is 4.98 Å². The fourth-order valence-corrected chi connectivity index (χ4v) is 4.46. The molecular weight excluding hydrogens is 388 g/mol. The first-order valence-electron chi connectivity index (χ1n) is 10.1. The number of aromatic nitrogens is 3. The molecule has 1 aliphatic rings. The molecule has 4 rings (SSSR count). The van der Waals surface area contributed by atoms with Crippen LogP contribution in [-0.2, 0) is 17.6 Å². The van der Waals surface area contributed by atoms with E-state index in [1.54, 1.807) is 14.2 Å². The van der Waals surface area contributed by atoms with Crippen LogP contribution in [0.4, 0.5) is 5.82 Å². The zero-order valence-electron chi connectivity index (χ0n) is 17.5. The van der Waals surface area contributed by atoms with Gasteiger partial charge < -0.3 is 14.4 Å². The van der Waals surface area contributed by atoms with Crippen LogP contribution in [0.15, 0.2) is 18.2 Å². The van der Waals surface area contributed by atoms with Crippen LogP contribution in [-0.4, -0.2) is 48.5 Å². The van der Waals surface area contributed by atoms with E-state index in [1.807, 2.05) is 29.6 Å². The van der Waals surface area contributed by atoms with Crippen LogP contribution in [0.5, 0.6) is 5.75 Å². The quantitative estimate of drug-likeness (QED) is 0.576. The third-order valence-electron chi connectivity index (χ3n) is 5.63. The van der Waals surface area contributed by atoms with Gasteiger partial charge >= 0.3 is 0 Å². The molecule has 2 heterocycles. The lowest BCUT2D eigenvalue weighted by molar-refractivity contribution is 0.205. The van der Waals surface area contributed by atoms with Gasteiger partial charge in [0.15, 0.2) is 5.65 Å². The number of fused-ring (bicyclic) bond motifs is 2. The Hall–Kier alpha value is -2.31. The monoisotopic (exact) mass is 414 g/mol. The average molecular weight is 415 g/mol. The van der Waals surface area contributed by atoms with Gasteiger partial charge in [-0.2, -0.15) is 9.61 Å². The number of likely N-dealkylation sites (N-methyl/N-ethyl adjacent to an activating group) is 1. The van der Waals surface area contributed by atoms with Crippen LogP contribution in [0.3, 0.4) is 0 Å². The predicted molar refractivity (Wildman–Crippen MR) is 117 cm³/mol. The van der Waals surface area contributed by atoms with Crippen LogP contribution in [0, 0.1) is 6.92 Å². The molecule has 2 aromatic heterocycles. The maximum absolute atomic E-state index is 6.62. The Morgan fingerprint density at radius 1 is 1.24 bits per heavy atom. The molecule has 1 aliphatic carbocycles. The number of rotatable bonds is 7. The number of ether oxygens (including phenoxy) is 2. The zero-order valence-corrected chi connectivity index (χ0v) is 18.2. The molecule has 6 nitrogen and oxygen atoms in total. The first kappa shape index (κ1) is 20.0. The molecule has 154 valence electrons. The number of halogens is 1. The molecule has 1 aromatic carbocycles. The standard InChI is InChI=1S/C22H27ClN4O2/c1-5-26(11-12-28-3)22-17-7-6-8-19(17)24-21-20(14(2)25-27(21)22)16-10-9-15(29-4)13-18(16)23/h9-10,13H,5-8,11-12H2,1-4H3. The summed E-state index contributed by atoms with van der Waals surface area (Å²) in [5, 5.41) is 5.55. The topological polar surface area (TPSA) is 51.9 Å². The second-order valence-electron chi connectivity index (χ2n) is 7.33. The van der Waals surface area contributed by atoms with Crippen molar-refractivity contribution in [1.29, 1.82) is 0 Å². The second-order valence-corrected chi connectivity index (χ2v) is 7.74. The highest BCUT2D eigenvalue weighted by molar-refractivity contribution is 6.33. The number of aryl methyl sites for hydroxylation is 2. The van der Waals surface area contributed by atoms with Crippen molar-refractivity contribution in [1.82, 2.24) is 14.6 Å². The molecule has 0 aliphatic heterocycles. The summed E-state index contributed by atoms with van der Waals surface area (Å²) < 4.78 is 12.7. The fraction of sp³-hybridized carbons (Fsp3) is 0.455. The van der Waals surface area contributed by atoms with E-state index in [9.17, 15) is 0 Å². The molecule has 0 fully saturated rings. The Labute approximate surface area is 176 Å². The predicted octanol–water partition coefficient (Wildman–Crippen LogP) is 4.33. The summed E-state index contributed by atoms with van der Waals surface area (Å²) >= 11 is 6.62. The molecule has 0 unspecified atom stereocenters. The fourth-order valence-electron chi connectivity index (χ4n) is 4.19. The van der Waals surface area contributed by atoms with Crippen molar-refractivity contribution in [3.63, 3.8) is 0 Å². The number of anilines is 1. The van der Waals surface area contributed by atoms with Crippen LogP contribution >= 0.6 is 11.6 Å². The normalized spacial score (nSPS) is 13.1. The number of nitrogens with zero attached hydrogens (tertiary/aromatic N) is 4. The summed E-state index contributed by atoms with van der Waals surface area (Å²) in [7, 11) is 3.38. The van der Waals surface area contributed by atoms with E-state index in [-0.39, 0.29) is 0 Å². The minimum Gasteiger partial charge on any atom is -0.497 e. The zero-order chi connectivity index (χ0) is 20.5. The third-order valence-corrected chi connectivity index (χ3v) is 5.94. The molecule has 0 amide bonds. The van der Waals surface area contributed by atoms with Crippen LogP contribution in [0.25, 0.3) is 16.8 Å². The van der Waals surface area contributed by atoms with Gasteiger partial charge in [0, 0.05) is 37.0 Å². The first-order valence-corrected chi connectivity index (χ1v) is 10.5. The van der Waals surface area contributed by atoms with Crippen LogP contribution in [0.1, 0.15) is 30.3 Å². The van der Waals surface area contributed by atoms with Crippen molar-refractivity contribution >= 4 is 23.1 Å². The molecule has 0 radical (unpaired) electrons. The summed E-state index contributed by atoms with van der Waals surface area (Å²) in [5.41, 5.74) is 6.17. The van der Waals surface area contributed by atoms with Crippen LogP contribution in [0.2, 0.25) is 5.02 Å². The molecule has 7 heteroatoms. The van der Waals surface area contributed by atoms with E-state index < -0.39 is 0 Å². The van der Waals surface area contributed by atoms with Gasteiger partial charge in [-0.1, -0.05) is 11.6 Å². The SMILES string of the molecule is CCN(CCOC)c1c2c(nc3c(-c4ccc(OC)cc4Cl)c(C)nn13)CCC2. The van der Waals surface area contributed by atoms with Gasteiger partial charge in [0.25, 0.3) is 0 Å². The summed E-state index contributed by atoms with van der Waals surface area (Å²) in [6.45, 7) is 6.55. The van der Waals surface area contributed by atoms with E-state index in [4.69, 9.17) is 31.2 Å². The first-order chi connectivity index (χ1) is 14.1. The smallest absolute Gasteiger partial charge is 0.165 e. The van der Waals surface area contributed by atoms with Gasteiger partial charge in [-0.15, -0.1) is 0 Å². The minimum atomic E-state index is 0.637. The summed E-state index contributed by atoms with van der Waals surface area (Å²) in [6, 6.07) is 5.75. The van der Waals surface area contributed by atoms with E-state index >= 15 is 0 Å². The second kappa shape index (κ2) is 8.20. The van der Waals surface area contributed by atoms with E-state index in [0.717, 1.165) is 66.4 Å². The van der Waals surface area contributed by atoms with Crippen molar-refractivity contribution in [2.75, 3.05) is 38.8 Å². The molecular formula is C22H27ClN4O2. The highest BCUT2D eigenvalue weighted by Crippen LogP contribution is 2.39. The molecule has 29 heavy (non-hydrogen) atoms. The third kappa shape index (κ3) is 3.45. The highest BCUT2D eigenvalue weighted by Gasteiger charge is 2.27. The number of benzene rings is 1. The number of hydrogen-bond acceptors (Lipinski definition) is 5. The lowest BCUT2D eigenvalue weighted by Gasteiger charge is -2.25. The summed E-state index contributed by atoms with van der Waals surface area (Å²) in [4.78, 5) is 7.39. The Balaban J connectivity index is 1.95. The molecule has 0 saturated heterocycles. The van der Waals surface area contributed by atoms with E-state index in [1.165, 1.54) is 11.3 Å². The summed E-state index contributed by atoms with van der Waals surface area (Å²) in [5.74, 6) is 1.88. The van der Waals surface area contributed by atoms with Crippen LogP contribution < -0.4 is 9.64 Å². The maximum atomic E-state index is 6.62. The Morgan fingerprint density at radius 2 is 2.07 bits per heavy atom. The molecule has 0 bridgehead atoms. The summed E-state index contributed by atoms with van der Waals surface area (Å²) in [6.07, 6.45) is 3.16. The van der Waals surface area contributed by atoms with E-state index in [0.29, 0.717) is 11.6 Å². The lowest BCUT2D eigenvalue weighted by Crippen LogP contribution is -2.30. The lowest BCUT2D eigenvalue weighted by atomic mass is 10.1. The maximum Gasteiger partial charge on any atom is 0.165 e. The van der Waals surface area contributed by atoms with Gasteiger partial charge in [0.1, 0.15) is 11.6 Å². The average Bonchev–Trinajstić information content (AvgIpc) is 3.31. The van der Waals surface area contributed by atoms with Gasteiger partial charge in [0.05, 0.1) is 30.0 Å². The van der Waals surface area contributed by atoms with Crippen molar-refractivity contribution in [2.45, 2.75) is 33.1 Å². The number of methoxy groups -OCH3 is 2. The molecule has 0 N–H and O–H groups in total. The Morgan fingerprint density at radius 3 is 2.76 bits per heavy atom. The molecule has 0 spiro atoms. The van der Waals surface area contributed by atoms with Crippen molar-refractivity contribution < 1.29 is 9.47 Å². The molecule has 0 atom stereocenters. The van der Waals surface area contributed by atoms with Gasteiger partial charge in [-0.05, 0) is 51.3 Å². The minimum absolute atomic E-state index is 0.637. The largest absolute Gasteiger partial charge is 0.497 e. The molecule has 3 aromatic rings. The van der Waals surface area contributed by atoms with E-state index in [2.05, 4.69) is 11.8 Å². The highest BCUT2D eigenvalue weighted by atomic mass is 35.5. The van der Waals surface area contributed by atoms with Gasteiger partial charge in [-0.3, -0.25) is 0 Å². The van der Waals surface area contributed by atoms with Crippen molar-refractivity contribution in [3.8, 4) is 16.9 Å².